The van der Waals surface area contributed by atoms with Gasteiger partial charge in [-0.3, -0.25) is 4.99 Å². The van der Waals surface area contributed by atoms with Crippen LogP contribution in [-0.4, -0.2) is 31.1 Å². The van der Waals surface area contributed by atoms with E-state index in [4.69, 9.17) is 4.99 Å². The maximum absolute atomic E-state index is 4.76. The lowest BCUT2D eigenvalue weighted by molar-refractivity contribution is 0.356. The van der Waals surface area contributed by atoms with Crippen molar-refractivity contribution < 1.29 is 0 Å². The standard InChI is InChI=1S/C19H32N4/c1-5-20-18(21-13-16-11-12-16)22-14-19(3,4)23-15(2)17-9-7-6-8-10-17/h6-10,15-16,23H,5,11-14H2,1-4H3,(H2,20,21,22). The van der Waals surface area contributed by atoms with Gasteiger partial charge in [-0.1, -0.05) is 30.3 Å². The van der Waals surface area contributed by atoms with E-state index in [1.54, 1.807) is 0 Å². The molecule has 0 saturated heterocycles. The number of nitrogens with zero attached hydrogens (tertiary/aromatic N) is 1. The van der Waals surface area contributed by atoms with E-state index >= 15 is 0 Å². The first-order chi connectivity index (χ1) is 11.0. The van der Waals surface area contributed by atoms with Gasteiger partial charge in [0, 0.05) is 24.7 Å². The van der Waals surface area contributed by atoms with Crippen molar-refractivity contribution in [1.82, 2.24) is 16.0 Å². The van der Waals surface area contributed by atoms with Crippen molar-refractivity contribution >= 4 is 5.96 Å². The van der Waals surface area contributed by atoms with Crippen molar-refractivity contribution in [2.24, 2.45) is 10.9 Å². The van der Waals surface area contributed by atoms with Gasteiger partial charge in [-0.25, -0.2) is 0 Å². The average molecular weight is 316 g/mol. The van der Waals surface area contributed by atoms with Gasteiger partial charge in [-0.2, -0.15) is 0 Å². The van der Waals surface area contributed by atoms with Crippen LogP contribution in [0.25, 0.3) is 0 Å². The highest BCUT2D eigenvalue weighted by Gasteiger charge is 2.22. The van der Waals surface area contributed by atoms with Crippen LogP contribution >= 0.6 is 0 Å². The van der Waals surface area contributed by atoms with Crippen molar-refractivity contribution in [3.05, 3.63) is 35.9 Å². The molecule has 1 aromatic carbocycles. The largest absolute Gasteiger partial charge is 0.357 e. The Morgan fingerprint density at radius 3 is 2.52 bits per heavy atom. The van der Waals surface area contributed by atoms with Gasteiger partial charge in [0.2, 0.25) is 0 Å². The van der Waals surface area contributed by atoms with Crippen molar-refractivity contribution in [1.29, 1.82) is 0 Å². The monoisotopic (exact) mass is 316 g/mol. The molecule has 0 heterocycles. The molecule has 1 atom stereocenters. The lowest BCUT2D eigenvalue weighted by Crippen LogP contribution is -2.45. The molecule has 1 aromatic rings. The highest BCUT2D eigenvalue weighted by Crippen LogP contribution is 2.27. The molecule has 1 aliphatic carbocycles. The Hall–Kier alpha value is -1.55. The van der Waals surface area contributed by atoms with Crippen LogP contribution in [0.3, 0.4) is 0 Å². The Bertz CT molecular complexity index is 491. The second-order valence-electron chi connectivity index (χ2n) is 7.18. The van der Waals surface area contributed by atoms with Gasteiger partial charge in [-0.15, -0.1) is 0 Å². The topological polar surface area (TPSA) is 48.5 Å². The molecule has 3 N–H and O–H groups in total. The van der Waals surface area contributed by atoms with Crippen LogP contribution in [0.4, 0.5) is 0 Å². The molecule has 0 aromatic heterocycles. The minimum absolute atomic E-state index is 0.0583. The second-order valence-corrected chi connectivity index (χ2v) is 7.18. The Morgan fingerprint density at radius 2 is 1.91 bits per heavy atom. The van der Waals surface area contributed by atoms with Crippen LogP contribution in [0.1, 0.15) is 52.1 Å². The fourth-order valence-electron chi connectivity index (χ4n) is 2.64. The summed E-state index contributed by atoms with van der Waals surface area (Å²) >= 11 is 0. The van der Waals surface area contributed by atoms with Crippen LogP contribution in [0, 0.1) is 5.92 Å². The molecule has 0 amide bonds. The minimum atomic E-state index is -0.0583. The van der Waals surface area contributed by atoms with Gasteiger partial charge in [0.05, 0.1) is 6.54 Å². The molecule has 0 aliphatic heterocycles. The summed E-state index contributed by atoms with van der Waals surface area (Å²) in [7, 11) is 0. The van der Waals surface area contributed by atoms with Crippen LogP contribution in [-0.2, 0) is 0 Å². The molecule has 23 heavy (non-hydrogen) atoms. The molecule has 0 spiro atoms. The summed E-state index contributed by atoms with van der Waals surface area (Å²) in [5.74, 6) is 1.78. The van der Waals surface area contributed by atoms with E-state index in [0.29, 0.717) is 6.04 Å². The molecule has 1 unspecified atom stereocenters. The Kier molecular flexibility index (Phi) is 6.46. The SMILES string of the molecule is CCNC(=NCC(C)(C)NC(C)c1ccccc1)NCC1CC1. The first kappa shape index (κ1) is 17.8. The Balaban J connectivity index is 1.87. The molecule has 4 nitrogen and oxygen atoms in total. The van der Waals surface area contributed by atoms with E-state index in [2.05, 4.69) is 74.0 Å². The quantitative estimate of drug-likeness (QED) is 0.510. The number of nitrogens with one attached hydrogen (secondary N) is 3. The third-order valence-electron chi connectivity index (χ3n) is 4.14. The molecule has 128 valence electrons. The lowest BCUT2D eigenvalue weighted by atomic mass is 10.0. The molecule has 1 fully saturated rings. The van der Waals surface area contributed by atoms with Crippen molar-refractivity contribution in [3.8, 4) is 0 Å². The van der Waals surface area contributed by atoms with Crippen molar-refractivity contribution in [3.63, 3.8) is 0 Å². The maximum Gasteiger partial charge on any atom is 0.191 e. The number of benzene rings is 1. The van der Waals surface area contributed by atoms with Gasteiger partial charge >= 0.3 is 0 Å². The van der Waals surface area contributed by atoms with Crippen LogP contribution in [0.15, 0.2) is 35.3 Å². The summed E-state index contributed by atoms with van der Waals surface area (Å²) in [6, 6.07) is 10.9. The van der Waals surface area contributed by atoms with Crippen molar-refractivity contribution in [2.75, 3.05) is 19.6 Å². The van der Waals surface area contributed by atoms with E-state index in [0.717, 1.165) is 31.5 Å². The second kappa shape index (κ2) is 8.34. The zero-order valence-electron chi connectivity index (χ0n) is 15.0. The number of rotatable bonds is 8. The van der Waals surface area contributed by atoms with Gasteiger partial charge in [0.15, 0.2) is 5.96 Å². The predicted octanol–water partition coefficient (Wildman–Crippen LogP) is 3.08. The highest BCUT2D eigenvalue weighted by molar-refractivity contribution is 5.79. The summed E-state index contributed by atoms with van der Waals surface area (Å²) in [6.07, 6.45) is 2.71. The average Bonchev–Trinajstić information content (AvgIpc) is 3.35. The summed E-state index contributed by atoms with van der Waals surface area (Å²) < 4.78 is 0. The normalized spacial score (nSPS) is 17.0. The molecular formula is C19H32N4. The summed E-state index contributed by atoms with van der Waals surface area (Å²) in [5.41, 5.74) is 1.25. The molecule has 2 rings (SSSR count). The van der Waals surface area contributed by atoms with Gasteiger partial charge < -0.3 is 16.0 Å². The zero-order valence-corrected chi connectivity index (χ0v) is 15.0. The van der Waals surface area contributed by atoms with Crippen LogP contribution < -0.4 is 16.0 Å². The fourth-order valence-corrected chi connectivity index (χ4v) is 2.64. The first-order valence-corrected chi connectivity index (χ1v) is 8.85. The third-order valence-corrected chi connectivity index (χ3v) is 4.14. The van der Waals surface area contributed by atoms with E-state index in [-0.39, 0.29) is 5.54 Å². The molecule has 1 aliphatic rings. The summed E-state index contributed by atoms with van der Waals surface area (Å²) in [6.45, 7) is 11.4. The van der Waals surface area contributed by atoms with Gasteiger partial charge in [0.25, 0.3) is 0 Å². The number of guanidine groups is 1. The molecule has 1 saturated carbocycles. The fraction of sp³-hybridized carbons (Fsp3) is 0.632. The number of aliphatic imine (C=N–C) groups is 1. The van der Waals surface area contributed by atoms with Gasteiger partial charge in [-0.05, 0) is 52.0 Å². The molecule has 0 bridgehead atoms. The van der Waals surface area contributed by atoms with Crippen LogP contribution in [0.2, 0.25) is 0 Å². The third kappa shape index (κ3) is 6.61. The molecule has 0 radical (unpaired) electrons. The number of hydrogen-bond donors (Lipinski definition) is 3. The Labute approximate surface area is 141 Å². The van der Waals surface area contributed by atoms with E-state index in [1.807, 2.05) is 0 Å². The predicted molar refractivity (Wildman–Crippen MR) is 98.8 cm³/mol. The van der Waals surface area contributed by atoms with E-state index in [9.17, 15) is 0 Å². The first-order valence-electron chi connectivity index (χ1n) is 8.85. The van der Waals surface area contributed by atoms with E-state index in [1.165, 1.54) is 18.4 Å². The van der Waals surface area contributed by atoms with Crippen LogP contribution in [0.5, 0.6) is 0 Å². The van der Waals surface area contributed by atoms with E-state index < -0.39 is 0 Å². The lowest BCUT2D eigenvalue weighted by Gasteiger charge is -2.29. The zero-order chi connectivity index (χ0) is 16.7. The van der Waals surface area contributed by atoms with Gasteiger partial charge in [0.1, 0.15) is 0 Å². The summed E-state index contributed by atoms with van der Waals surface area (Å²) in [5, 5.41) is 10.5. The molecular weight excluding hydrogens is 284 g/mol. The highest BCUT2D eigenvalue weighted by atomic mass is 15.2. The smallest absolute Gasteiger partial charge is 0.191 e. The van der Waals surface area contributed by atoms with Crippen molar-refractivity contribution in [2.45, 2.75) is 52.1 Å². The maximum atomic E-state index is 4.76. The minimum Gasteiger partial charge on any atom is -0.357 e. The number of hydrogen-bond acceptors (Lipinski definition) is 2. The Morgan fingerprint density at radius 1 is 1.22 bits per heavy atom. The summed E-state index contributed by atoms with van der Waals surface area (Å²) in [4.78, 5) is 4.76. The molecule has 4 heteroatoms.